The van der Waals surface area contributed by atoms with Crippen molar-refractivity contribution in [3.63, 3.8) is 0 Å². The SMILES string of the molecule is CCCCCCCCCCCCCCC(OCC(O)CO)C(=O)O. The highest BCUT2D eigenvalue weighted by atomic mass is 16.5. The lowest BCUT2D eigenvalue weighted by molar-refractivity contribution is -0.153. The maximum atomic E-state index is 11.1. The Morgan fingerprint density at radius 1 is 0.875 bits per heavy atom. The molecule has 0 saturated heterocycles. The van der Waals surface area contributed by atoms with Crippen LogP contribution in [-0.2, 0) is 9.53 Å². The Bertz CT molecular complexity index is 283. The summed E-state index contributed by atoms with van der Waals surface area (Å²) in [5.74, 6) is -0.997. The lowest BCUT2D eigenvalue weighted by atomic mass is 10.0. The van der Waals surface area contributed by atoms with Crippen LogP contribution in [0.25, 0.3) is 0 Å². The number of ether oxygens (including phenoxy) is 1. The third-order valence-corrected chi connectivity index (χ3v) is 4.30. The molecule has 0 radical (unpaired) electrons. The molecule has 0 bridgehead atoms. The molecule has 0 aromatic heterocycles. The molecule has 5 heteroatoms. The molecule has 0 fully saturated rings. The second kappa shape index (κ2) is 17.2. The van der Waals surface area contributed by atoms with Crippen molar-refractivity contribution in [2.24, 2.45) is 0 Å². The van der Waals surface area contributed by atoms with E-state index in [0.29, 0.717) is 6.42 Å². The third kappa shape index (κ3) is 14.9. The minimum Gasteiger partial charge on any atom is -0.479 e. The van der Waals surface area contributed by atoms with E-state index >= 15 is 0 Å². The second-order valence-electron chi connectivity index (χ2n) is 6.67. The van der Waals surface area contributed by atoms with Gasteiger partial charge in [-0.25, -0.2) is 4.79 Å². The minimum atomic E-state index is -1.01. The third-order valence-electron chi connectivity index (χ3n) is 4.30. The van der Waals surface area contributed by atoms with Crippen LogP contribution in [0.5, 0.6) is 0 Å². The van der Waals surface area contributed by atoms with Gasteiger partial charge in [0.15, 0.2) is 6.10 Å². The van der Waals surface area contributed by atoms with E-state index in [9.17, 15) is 9.90 Å². The molecule has 3 N–H and O–H groups in total. The van der Waals surface area contributed by atoms with E-state index in [4.69, 9.17) is 14.9 Å². The zero-order chi connectivity index (χ0) is 18.0. The van der Waals surface area contributed by atoms with Crippen LogP contribution >= 0.6 is 0 Å². The molecular weight excluding hydrogens is 308 g/mol. The minimum absolute atomic E-state index is 0.133. The molecule has 0 aromatic rings. The van der Waals surface area contributed by atoms with Crippen molar-refractivity contribution in [1.29, 1.82) is 0 Å². The number of hydrogen-bond acceptors (Lipinski definition) is 4. The molecule has 0 aromatic carbocycles. The first-order valence-electron chi connectivity index (χ1n) is 9.75. The summed E-state index contributed by atoms with van der Waals surface area (Å²) in [6.45, 7) is 1.69. The molecule has 0 heterocycles. The van der Waals surface area contributed by atoms with E-state index < -0.39 is 24.8 Å². The monoisotopic (exact) mass is 346 g/mol. The van der Waals surface area contributed by atoms with Crippen LogP contribution in [0.15, 0.2) is 0 Å². The van der Waals surface area contributed by atoms with Gasteiger partial charge in [0.1, 0.15) is 6.10 Å². The summed E-state index contributed by atoms with van der Waals surface area (Å²) in [6.07, 6.45) is 13.5. The van der Waals surface area contributed by atoms with Crippen molar-refractivity contribution in [1.82, 2.24) is 0 Å². The summed E-state index contributed by atoms with van der Waals surface area (Å²) >= 11 is 0. The van der Waals surface area contributed by atoms with Gasteiger partial charge in [-0.05, 0) is 6.42 Å². The first kappa shape index (κ1) is 23.4. The van der Waals surface area contributed by atoms with E-state index in [1.54, 1.807) is 0 Å². The molecule has 24 heavy (non-hydrogen) atoms. The molecule has 0 amide bonds. The van der Waals surface area contributed by atoms with Gasteiger partial charge in [-0.3, -0.25) is 0 Å². The molecule has 0 aliphatic rings. The Morgan fingerprint density at radius 2 is 1.33 bits per heavy atom. The Morgan fingerprint density at radius 3 is 1.75 bits per heavy atom. The number of unbranched alkanes of at least 4 members (excludes halogenated alkanes) is 11. The number of aliphatic hydroxyl groups is 2. The topological polar surface area (TPSA) is 87.0 Å². The molecule has 144 valence electrons. The maximum Gasteiger partial charge on any atom is 0.332 e. The summed E-state index contributed by atoms with van der Waals surface area (Å²) in [7, 11) is 0. The average molecular weight is 347 g/mol. The Hall–Kier alpha value is -0.650. The number of aliphatic hydroxyl groups excluding tert-OH is 2. The largest absolute Gasteiger partial charge is 0.479 e. The van der Waals surface area contributed by atoms with E-state index in [1.165, 1.54) is 57.8 Å². The van der Waals surface area contributed by atoms with Crippen molar-refractivity contribution >= 4 is 5.97 Å². The van der Waals surface area contributed by atoms with E-state index in [1.807, 2.05) is 0 Å². The van der Waals surface area contributed by atoms with Crippen molar-refractivity contribution in [3.05, 3.63) is 0 Å². The summed E-state index contributed by atoms with van der Waals surface area (Å²) in [5, 5.41) is 27.0. The molecule has 0 spiro atoms. The van der Waals surface area contributed by atoms with Crippen molar-refractivity contribution in [2.45, 2.75) is 103 Å². The number of carboxylic acid groups (broad SMARTS) is 1. The maximum absolute atomic E-state index is 11.1. The number of carbonyl (C=O) groups is 1. The molecule has 0 aliphatic heterocycles. The van der Waals surface area contributed by atoms with Crippen LogP contribution in [0, 0.1) is 0 Å². The van der Waals surface area contributed by atoms with Gasteiger partial charge in [-0.15, -0.1) is 0 Å². The summed E-state index contributed by atoms with van der Waals surface area (Å²) in [4.78, 5) is 11.1. The van der Waals surface area contributed by atoms with Crippen molar-refractivity contribution < 1.29 is 24.9 Å². The first-order valence-corrected chi connectivity index (χ1v) is 9.75. The second-order valence-corrected chi connectivity index (χ2v) is 6.67. The van der Waals surface area contributed by atoms with Gasteiger partial charge in [0.2, 0.25) is 0 Å². The fourth-order valence-corrected chi connectivity index (χ4v) is 2.73. The van der Waals surface area contributed by atoms with Crippen LogP contribution in [0.2, 0.25) is 0 Å². The van der Waals surface area contributed by atoms with E-state index in [2.05, 4.69) is 6.92 Å². The number of rotatable bonds is 18. The van der Waals surface area contributed by atoms with Gasteiger partial charge >= 0.3 is 5.97 Å². The zero-order valence-electron chi connectivity index (χ0n) is 15.4. The molecular formula is C19H38O5. The Kier molecular flexibility index (Phi) is 16.7. The van der Waals surface area contributed by atoms with Gasteiger partial charge in [0.25, 0.3) is 0 Å². The Balaban J connectivity index is 3.44. The van der Waals surface area contributed by atoms with Crippen LogP contribution in [0.3, 0.4) is 0 Å². The highest BCUT2D eigenvalue weighted by Crippen LogP contribution is 2.14. The normalized spacial score (nSPS) is 13.8. The number of hydrogen-bond donors (Lipinski definition) is 3. The molecule has 2 atom stereocenters. The number of aliphatic carboxylic acids is 1. The highest BCUT2D eigenvalue weighted by Gasteiger charge is 2.18. The van der Waals surface area contributed by atoms with E-state index in [-0.39, 0.29) is 6.61 Å². The van der Waals surface area contributed by atoms with Gasteiger partial charge in [-0.2, -0.15) is 0 Å². The van der Waals surface area contributed by atoms with Gasteiger partial charge < -0.3 is 20.1 Å². The quantitative estimate of drug-likeness (QED) is 0.328. The van der Waals surface area contributed by atoms with Crippen LogP contribution < -0.4 is 0 Å². The predicted molar refractivity (Wildman–Crippen MR) is 96.2 cm³/mol. The smallest absolute Gasteiger partial charge is 0.332 e. The lowest BCUT2D eigenvalue weighted by Gasteiger charge is -2.15. The standard InChI is InChI=1S/C19H38O5/c1-2-3-4-5-6-7-8-9-10-11-12-13-14-18(19(22)23)24-16-17(21)15-20/h17-18,20-21H,2-16H2,1H3,(H,22,23). The first-order chi connectivity index (χ1) is 11.6. The van der Waals surface area contributed by atoms with Crippen LogP contribution in [0.1, 0.15) is 90.4 Å². The lowest BCUT2D eigenvalue weighted by Crippen LogP contribution is -2.29. The molecule has 2 unspecified atom stereocenters. The van der Waals surface area contributed by atoms with E-state index in [0.717, 1.165) is 19.3 Å². The predicted octanol–water partition coefficient (Wildman–Crippen LogP) is 3.90. The fraction of sp³-hybridized carbons (Fsp3) is 0.947. The fourth-order valence-electron chi connectivity index (χ4n) is 2.73. The van der Waals surface area contributed by atoms with Crippen molar-refractivity contribution in [3.8, 4) is 0 Å². The van der Waals surface area contributed by atoms with Gasteiger partial charge in [0.05, 0.1) is 13.2 Å². The summed E-state index contributed by atoms with van der Waals surface area (Å²) in [5.41, 5.74) is 0. The summed E-state index contributed by atoms with van der Waals surface area (Å²) < 4.78 is 5.15. The average Bonchev–Trinajstić information content (AvgIpc) is 2.57. The van der Waals surface area contributed by atoms with Gasteiger partial charge in [-0.1, -0.05) is 84.0 Å². The van der Waals surface area contributed by atoms with Crippen LogP contribution in [-0.4, -0.2) is 46.7 Å². The van der Waals surface area contributed by atoms with Gasteiger partial charge in [0, 0.05) is 0 Å². The molecule has 0 rings (SSSR count). The van der Waals surface area contributed by atoms with Crippen LogP contribution in [0.4, 0.5) is 0 Å². The molecule has 5 nitrogen and oxygen atoms in total. The molecule has 0 aliphatic carbocycles. The number of carboxylic acids is 1. The zero-order valence-corrected chi connectivity index (χ0v) is 15.4. The Labute approximate surface area is 147 Å². The highest BCUT2D eigenvalue weighted by molar-refractivity contribution is 5.72. The molecule has 0 saturated carbocycles. The van der Waals surface area contributed by atoms with Crippen molar-refractivity contribution in [2.75, 3.05) is 13.2 Å². The summed E-state index contributed by atoms with van der Waals surface area (Å²) in [6, 6.07) is 0.